The summed E-state index contributed by atoms with van der Waals surface area (Å²) in [5.74, 6) is 0.485. The van der Waals surface area contributed by atoms with Gasteiger partial charge in [-0.1, -0.05) is 0 Å². The molecule has 1 aliphatic heterocycles. The van der Waals surface area contributed by atoms with Crippen LogP contribution in [-0.2, 0) is 4.74 Å². The minimum Gasteiger partial charge on any atom is -0.381 e. The van der Waals surface area contributed by atoms with Crippen LogP contribution in [-0.4, -0.2) is 22.6 Å². The van der Waals surface area contributed by atoms with E-state index in [1.165, 1.54) is 11.5 Å². The molecule has 0 aliphatic carbocycles. The maximum absolute atomic E-state index is 5.24. The lowest BCUT2D eigenvalue weighted by atomic mass is 10.1. The molecule has 0 amide bonds. The highest BCUT2D eigenvalue weighted by atomic mass is 79.9. The predicted molar refractivity (Wildman–Crippen MR) is 45.8 cm³/mol. The fourth-order valence-corrected chi connectivity index (χ4v) is 2.31. The second kappa shape index (κ2) is 3.16. The van der Waals surface area contributed by atoms with E-state index in [0.717, 1.165) is 24.6 Å². The Bertz CT molecular complexity index is 246. The summed E-state index contributed by atoms with van der Waals surface area (Å²) >= 11 is 4.69. The van der Waals surface area contributed by atoms with Crippen LogP contribution in [0.5, 0.6) is 0 Å². The topological polar surface area (TPSA) is 35.0 Å². The summed E-state index contributed by atoms with van der Waals surface area (Å²) < 4.78 is 10.00. The van der Waals surface area contributed by atoms with Crippen molar-refractivity contribution in [1.82, 2.24) is 9.36 Å². The zero-order chi connectivity index (χ0) is 7.68. The molecular weight excluding hydrogens is 228 g/mol. The van der Waals surface area contributed by atoms with E-state index in [9.17, 15) is 0 Å². The fourth-order valence-electron chi connectivity index (χ4n) is 1.11. The van der Waals surface area contributed by atoms with Gasteiger partial charge in [0.25, 0.3) is 0 Å². The lowest BCUT2D eigenvalue weighted by molar-refractivity contribution is 0.194. The Morgan fingerprint density at radius 3 is 3.09 bits per heavy atom. The van der Waals surface area contributed by atoms with Gasteiger partial charge in [0.05, 0.1) is 6.61 Å². The molecule has 2 heterocycles. The molecular formula is C6H7BrN2OS. The molecule has 1 atom stereocenters. The summed E-state index contributed by atoms with van der Waals surface area (Å²) in [6.07, 6.45) is 1.08. The van der Waals surface area contributed by atoms with Gasteiger partial charge in [-0.05, 0) is 33.9 Å². The number of hydrogen-bond donors (Lipinski definition) is 0. The van der Waals surface area contributed by atoms with Gasteiger partial charge in [0.1, 0.15) is 5.01 Å². The van der Waals surface area contributed by atoms with Gasteiger partial charge in [0.15, 0.2) is 0 Å². The molecule has 3 nitrogen and oxygen atoms in total. The first-order valence-electron chi connectivity index (χ1n) is 3.43. The highest BCUT2D eigenvalue weighted by Crippen LogP contribution is 2.27. The molecule has 0 spiro atoms. The number of aromatic nitrogens is 2. The molecule has 1 aromatic rings. The van der Waals surface area contributed by atoms with Crippen molar-refractivity contribution in [1.29, 1.82) is 0 Å². The lowest BCUT2D eigenvalue weighted by Gasteiger charge is -1.98. The predicted octanol–water partition coefficient (Wildman–Crippen LogP) is 1.80. The highest BCUT2D eigenvalue weighted by molar-refractivity contribution is 9.10. The Hall–Kier alpha value is -0.0000000000000000278. The van der Waals surface area contributed by atoms with Crippen LogP contribution >= 0.6 is 27.5 Å². The standard InChI is InChI=1S/C6H7BrN2OS/c7-6-8-5(11-9-6)4-1-2-10-3-4/h4H,1-3H2. The van der Waals surface area contributed by atoms with E-state index in [1.807, 2.05) is 0 Å². The molecule has 1 unspecified atom stereocenters. The van der Waals surface area contributed by atoms with E-state index in [-0.39, 0.29) is 0 Å². The van der Waals surface area contributed by atoms with Crippen LogP contribution in [0.25, 0.3) is 0 Å². The van der Waals surface area contributed by atoms with Crippen molar-refractivity contribution in [2.45, 2.75) is 12.3 Å². The minimum atomic E-state index is 0.485. The number of ether oxygens (including phenoxy) is 1. The summed E-state index contributed by atoms with van der Waals surface area (Å²) in [5.41, 5.74) is 0. The fraction of sp³-hybridized carbons (Fsp3) is 0.667. The third-order valence-electron chi connectivity index (χ3n) is 1.70. The van der Waals surface area contributed by atoms with Gasteiger partial charge in [-0.25, -0.2) is 4.98 Å². The number of rotatable bonds is 1. The van der Waals surface area contributed by atoms with Gasteiger partial charge in [0.2, 0.25) is 4.73 Å². The molecule has 0 aromatic carbocycles. The molecule has 60 valence electrons. The van der Waals surface area contributed by atoms with Crippen molar-refractivity contribution < 1.29 is 4.74 Å². The first kappa shape index (κ1) is 7.64. The van der Waals surface area contributed by atoms with E-state index in [2.05, 4.69) is 25.3 Å². The average Bonchev–Trinajstić information content (AvgIpc) is 2.55. The Morgan fingerprint density at radius 2 is 2.55 bits per heavy atom. The maximum Gasteiger partial charge on any atom is 0.209 e. The van der Waals surface area contributed by atoms with Gasteiger partial charge < -0.3 is 4.74 Å². The smallest absolute Gasteiger partial charge is 0.209 e. The van der Waals surface area contributed by atoms with Gasteiger partial charge >= 0.3 is 0 Å². The summed E-state index contributed by atoms with van der Waals surface area (Å²) in [6, 6.07) is 0. The van der Waals surface area contributed by atoms with E-state index >= 15 is 0 Å². The SMILES string of the molecule is Brc1nsc(C2CCOC2)n1. The summed E-state index contributed by atoms with van der Waals surface area (Å²) in [5, 5.41) is 1.09. The van der Waals surface area contributed by atoms with Crippen LogP contribution in [0.4, 0.5) is 0 Å². The van der Waals surface area contributed by atoms with Crippen molar-refractivity contribution >= 4 is 27.5 Å². The third kappa shape index (κ3) is 1.60. The number of halogens is 1. The monoisotopic (exact) mass is 234 g/mol. The molecule has 0 saturated carbocycles. The molecule has 0 N–H and O–H groups in total. The molecule has 1 fully saturated rings. The normalized spacial score (nSPS) is 24.3. The van der Waals surface area contributed by atoms with E-state index in [4.69, 9.17) is 4.74 Å². The maximum atomic E-state index is 5.24. The van der Waals surface area contributed by atoms with Crippen molar-refractivity contribution in [3.05, 3.63) is 9.74 Å². The van der Waals surface area contributed by atoms with Gasteiger partial charge in [0, 0.05) is 12.5 Å². The van der Waals surface area contributed by atoms with Crippen LogP contribution in [0, 0.1) is 0 Å². The Kier molecular flexibility index (Phi) is 2.20. The lowest BCUT2D eigenvalue weighted by Crippen LogP contribution is -1.95. The van der Waals surface area contributed by atoms with Crippen LogP contribution in [0.1, 0.15) is 17.3 Å². The first-order chi connectivity index (χ1) is 5.36. The second-order valence-electron chi connectivity index (χ2n) is 2.46. The number of nitrogens with zero attached hydrogens (tertiary/aromatic N) is 2. The minimum absolute atomic E-state index is 0.485. The second-order valence-corrected chi connectivity index (χ2v) is 3.95. The van der Waals surface area contributed by atoms with Crippen molar-refractivity contribution in [3.63, 3.8) is 0 Å². The van der Waals surface area contributed by atoms with Gasteiger partial charge in [-0.15, -0.1) is 0 Å². The largest absolute Gasteiger partial charge is 0.381 e. The van der Waals surface area contributed by atoms with Crippen molar-refractivity contribution in [2.24, 2.45) is 0 Å². The van der Waals surface area contributed by atoms with Crippen LogP contribution < -0.4 is 0 Å². The average molecular weight is 235 g/mol. The zero-order valence-electron chi connectivity index (χ0n) is 5.79. The number of hydrogen-bond acceptors (Lipinski definition) is 4. The van der Waals surface area contributed by atoms with E-state index in [0.29, 0.717) is 10.7 Å². The van der Waals surface area contributed by atoms with Crippen molar-refractivity contribution in [2.75, 3.05) is 13.2 Å². The Morgan fingerprint density at radius 1 is 1.64 bits per heavy atom. The van der Waals surface area contributed by atoms with Crippen LogP contribution in [0.3, 0.4) is 0 Å². The highest BCUT2D eigenvalue weighted by Gasteiger charge is 2.21. The zero-order valence-corrected chi connectivity index (χ0v) is 8.19. The first-order valence-corrected chi connectivity index (χ1v) is 5.00. The summed E-state index contributed by atoms with van der Waals surface area (Å²) in [7, 11) is 0. The molecule has 1 saturated heterocycles. The molecule has 1 aliphatic rings. The molecule has 1 aromatic heterocycles. The van der Waals surface area contributed by atoms with Crippen molar-refractivity contribution in [3.8, 4) is 0 Å². The summed E-state index contributed by atoms with van der Waals surface area (Å²) in [4.78, 5) is 4.24. The molecule has 0 radical (unpaired) electrons. The summed E-state index contributed by atoms with van der Waals surface area (Å²) in [6.45, 7) is 1.67. The van der Waals surface area contributed by atoms with Crippen LogP contribution in [0.2, 0.25) is 0 Å². The van der Waals surface area contributed by atoms with Crippen LogP contribution in [0.15, 0.2) is 4.73 Å². The molecule has 5 heteroatoms. The molecule has 0 bridgehead atoms. The van der Waals surface area contributed by atoms with Gasteiger partial charge in [-0.2, -0.15) is 4.37 Å². The molecule has 2 rings (SSSR count). The van der Waals surface area contributed by atoms with E-state index in [1.54, 1.807) is 0 Å². The Labute approximate surface area is 77.1 Å². The van der Waals surface area contributed by atoms with Gasteiger partial charge in [-0.3, -0.25) is 0 Å². The Balaban J connectivity index is 2.15. The molecule has 11 heavy (non-hydrogen) atoms. The third-order valence-corrected chi connectivity index (χ3v) is 3.16. The quantitative estimate of drug-likeness (QED) is 0.744. The van der Waals surface area contributed by atoms with E-state index < -0.39 is 0 Å².